The lowest BCUT2D eigenvalue weighted by Gasteiger charge is -2.18. The summed E-state index contributed by atoms with van der Waals surface area (Å²) < 4.78 is 16.8. The highest BCUT2D eigenvalue weighted by Gasteiger charge is 2.19. The lowest BCUT2D eigenvalue weighted by atomic mass is 10.0. The Labute approximate surface area is 420 Å². The molecule has 68 heavy (non-hydrogen) atoms. The largest absolute Gasteiger partial charge is 0.462 e. The van der Waals surface area contributed by atoms with Gasteiger partial charge in [0.15, 0.2) is 6.10 Å². The number of carbonyl (C=O) groups is 3. The summed E-state index contributed by atoms with van der Waals surface area (Å²) in [7, 11) is 0. The molecule has 0 aliphatic heterocycles. The van der Waals surface area contributed by atoms with Crippen LogP contribution in [0.1, 0.15) is 271 Å². The lowest BCUT2D eigenvalue weighted by molar-refractivity contribution is -0.167. The molecule has 0 saturated heterocycles. The minimum Gasteiger partial charge on any atom is -0.462 e. The zero-order valence-electron chi connectivity index (χ0n) is 44.6. The molecular formula is C62H106O6. The van der Waals surface area contributed by atoms with Crippen molar-refractivity contribution in [3.05, 3.63) is 85.1 Å². The van der Waals surface area contributed by atoms with Crippen molar-refractivity contribution in [1.82, 2.24) is 0 Å². The molecule has 0 heterocycles. The number of unbranched alkanes of at least 4 members (excludes halogenated alkanes) is 26. The Balaban J connectivity index is 4.45. The Bertz CT molecular complexity index is 1320. The molecule has 0 aliphatic carbocycles. The van der Waals surface area contributed by atoms with Crippen molar-refractivity contribution in [3.63, 3.8) is 0 Å². The molecule has 0 aromatic heterocycles. The van der Waals surface area contributed by atoms with E-state index in [1.54, 1.807) is 0 Å². The number of esters is 3. The molecule has 0 bridgehead atoms. The summed E-state index contributed by atoms with van der Waals surface area (Å²) in [5.41, 5.74) is 0. The predicted molar refractivity (Wildman–Crippen MR) is 293 cm³/mol. The van der Waals surface area contributed by atoms with Crippen molar-refractivity contribution < 1.29 is 28.6 Å². The van der Waals surface area contributed by atoms with Gasteiger partial charge in [0.25, 0.3) is 0 Å². The molecule has 390 valence electrons. The second-order valence-corrected chi connectivity index (χ2v) is 18.8. The number of ether oxygens (including phenoxy) is 3. The minimum absolute atomic E-state index is 0.0929. The SMILES string of the molecule is CC/C=C\C/C=C\C/C=C\C/C=C\C/C=C\CCCCCC(=O)OCC(COC(=O)CCCCCCC/C=C\C/C=C\CCCCC)OC(=O)CCCCCCCCCCCCCCCCCC. The maximum Gasteiger partial charge on any atom is 0.306 e. The Morgan fingerprint density at radius 1 is 0.309 bits per heavy atom. The number of carbonyl (C=O) groups excluding carboxylic acids is 3. The van der Waals surface area contributed by atoms with Crippen molar-refractivity contribution in [1.29, 1.82) is 0 Å². The second kappa shape index (κ2) is 56.2. The van der Waals surface area contributed by atoms with Gasteiger partial charge in [-0.25, -0.2) is 0 Å². The molecule has 0 radical (unpaired) electrons. The normalized spacial score (nSPS) is 12.7. The average Bonchev–Trinajstić information content (AvgIpc) is 3.34. The Morgan fingerprint density at radius 3 is 0.941 bits per heavy atom. The maximum absolute atomic E-state index is 12.9. The van der Waals surface area contributed by atoms with Gasteiger partial charge in [-0.1, -0.05) is 241 Å². The van der Waals surface area contributed by atoms with Gasteiger partial charge in [-0.15, -0.1) is 0 Å². The van der Waals surface area contributed by atoms with E-state index in [0.717, 1.165) is 122 Å². The van der Waals surface area contributed by atoms with Crippen molar-refractivity contribution in [2.24, 2.45) is 0 Å². The number of hydrogen-bond donors (Lipinski definition) is 0. The van der Waals surface area contributed by atoms with Gasteiger partial charge in [0.2, 0.25) is 0 Å². The molecule has 0 amide bonds. The van der Waals surface area contributed by atoms with Crippen LogP contribution in [0, 0.1) is 0 Å². The molecule has 0 N–H and O–H groups in total. The van der Waals surface area contributed by atoms with E-state index in [2.05, 4.69) is 106 Å². The molecule has 0 saturated carbocycles. The van der Waals surface area contributed by atoms with Crippen LogP contribution in [-0.4, -0.2) is 37.2 Å². The minimum atomic E-state index is -0.795. The van der Waals surface area contributed by atoms with Crippen LogP contribution < -0.4 is 0 Å². The average molecular weight is 948 g/mol. The van der Waals surface area contributed by atoms with Crippen molar-refractivity contribution in [2.75, 3.05) is 13.2 Å². The lowest BCUT2D eigenvalue weighted by Crippen LogP contribution is -2.30. The maximum atomic E-state index is 12.9. The highest BCUT2D eigenvalue weighted by atomic mass is 16.6. The van der Waals surface area contributed by atoms with Crippen molar-refractivity contribution in [3.8, 4) is 0 Å². The fourth-order valence-electron chi connectivity index (χ4n) is 7.85. The van der Waals surface area contributed by atoms with E-state index in [-0.39, 0.29) is 31.1 Å². The zero-order chi connectivity index (χ0) is 49.3. The van der Waals surface area contributed by atoms with Crippen LogP contribution in [0.4, 0.5) is 0 Å². The summed E-state index contributed by atoms with van der Waals surface area (Å²) in [5.74, 6) is -0.931. The number of allylic oxidation sites excluding steroid dienone is 14. The smallest absolute Gasteiger partial charge is 0.306 e. The van der Waals surface area contributed by atoms with Crippen molar-refractivity contribution >= 4 is 17.9 Å². The summed E-state index contributed by atoms with van der Waals surface area (Å²) in [6.07, 6.45) is 72.8. The van der Waals surface area contributed by atoms with E-state index in [1.807, 2.05) is 0 Å². The molecule has 1 unspecified atom stereocenters. The molecule has 6 heteroatoms. The molecule has 0 fully saturated rings. The van der Waals surface area contributed by atoms with Gasteiger partial charge in [-0.05, 0) is 96.3 Å². The van der Waals surface area contributed by atoms with E-state index < -0.39 is 6.10 Å². The van der Waals surface area contributed by atoms with Gasteiger partial charge < -0.3 is 14.2 Å². The first-order valence-electron chi connectivity index (χ1n) is 28.6. The third-order valence-electron chi connectivity index (χ3n) is 12.1. The monoisotopic (exact) mass is 947 g/mol. The van der Waals surface area contributed by atoms with E-state index in [0.29, 0.717) is 19.3 Å². The summed E-state index contributed by atoms with van der Waals surface area (Å²) in [5, 5.41) is 0. The standard InChI is InChI=1S/C62H106O6/c1-4-7-10-13-16-19-22-25-28-30-31-32-35-37-40-43-46-49-52-55-61(64)67-58-59(57-66-60(63)54-51-48-45-42-39-36-33-27-24-21-18-15-12-9-6-3)68-62(65)56-53-50-47-44-41-38-34-29-26-23-20-17-14-11-8-5-2/h7,10,16,18-19,21,25,27-28,31-33,37,40,59H,4-6,8-9,11-15,17,20,22-24,26,29-30,34-36,38-39,41-58H2,1-3H3/b10-7-,19-16-,21-18-,28-25-,32-31-,33-27-,40-37-. The zero-order valence-corrected chi connectivity index (χ0v) is 44.6. The summed E-state index contributed by atoms with van der Waals surface area (Å²) in [6, 6.07) is 0. The summed E-state index contributed by atoms with van der Waals surface area (Å²) >= 11 is 0. The first-order valence-corrected chi connectivity index (χ1v) is 28.6. The summed E-state index contributed by atoms with van der Waals surface area (Å²) in [4.78, 5) is 38.1. The Kier molecular flexibility index (Phi) is 53.4. The fourth-order valence-corrected chi connectivity index (χ4v) is 7.85. The van der Waals surface area contributed by atoms with Gasteiger partial charge in [-0.2, -0.15) is 0 Å². The van der Waals surface area contributed by atoms with Crippen LogP contribution in [0.5, 0.6) is 0 Å². The highest BCUT2D eigenvalue weighted by Crippen LogP contribution is 2.15. The molecule has 0 aliphatic rings. The topological polar surface area (TPSA) is 78.9 Å². The van der Waals surface area contributed by atoms with Gasteiger partial charge in [0, 0.05) is 19.3 Å². The first kappa shape index (κ1) is 64.6. The van der Waals surface area contributed by atoms with Crippen LogP contribution in [0.15, 0.2) is 85.1 Å². The summed E-state index contributed by atoms with van der Waals surface area (Å²) in [6.45, 7) is 6.48. The number of rotatable bonds is 51. The molecule has 1 atom stereocenters. The molecule has 6 nitrogen and oxygen atoms in total. The van der Waals surface area contributed by atoms with Gasteiger partial charge >= 0.3 is 17.9 Å². The molecule has 0 aromatic rings. The van der Waals surface area contributed by atoms with Crippen LogP contribution >= 0.6 is 0 Å². The second-order valence-electron chi connectivity index (χ2n) is 18.8. The van der Waals surface area contributed by atoms with Crippen LogP contribution in [0.3, 0.4) is 0 Å². The Morgan fingerprint density at radius 2 is 0.574 bits per heavy atom. The molecular weight excluding hydrogens is 841 g/mol. The first-order chi connectivity index (χ1) is 33.5. The highest BCUT2D eigenvalue weighted by molar-refractivity contribution is 5.71. The van der Waals surface area contributed by atoms with Crippen LogP contribution in [0.2, 0.25) is 0 Å². The van der Waals surface area contributed by atoms with Crippen LogP contribution in [-0.2, 0) is 28.6 Å². The Hall–Kier alpha value is -3.41. The molecule has 0 aromatic carbocycles. The molecule has 0 spiro atoms. The number of hydrogen-bond acceptors (Lipinski definition) is 6. The van der Waals surface area contributed by atoms with E-state index >= 15 is 0 Å². The van der Waals surface area contributed by atoms with Gasteiger partial charge in [0.05, 0.1) is 0 Å². The van der Waals surface area contributed by atoms with Crippen molar-refractivity contribution in [2.45, 2.75) is 277 Å². The van der Waals surface area contributed by atoms with Gasteiger partial charge in [0.1, 0.15) is 13.2 Å². The predicted octanol–water partition coefficient (Wildman–Crippen LogP) is 19.2. The van der Waals surface area contributed by atoms with Crippen LogP contribution in [0.25, 0.3) is 0 Å². The van der Waals surface area contributed by atoms with Gasteiger partial charge in [-0.3, -0.25) is 14.4 Å². The quantitative estimate of drug-likeness (QED) is 0.0262. The van der Waals surface area contributed by atoms with E-state index in [9.17, 15) is 14.4 Å². The third-order valence-corrected chi connectivity index (χ3v) is 12.1. The van der Waals surface area contributed by atoms with E-state index in [1.165, 1.54) is 109 Å². The fraction of sp³-hybridized carbons (Fsp3) is 0.726. The van der Waals surface area contributed by atoms with E-state index in [4.69, 9.17) is 14.2 Å². The third kappa shape index (κ3) is 53.5. The molecule has 0 rings (SSSR count).